The lowest BCUT2D eigenvalue weighted by molar-refractivity contribution is -0.136. The van der Waals surface area contributed by atoms with E-state index in [0.29, 0.717) is 0 Å². The van der Waals surface area contributed by atoms with Gasteiger partial charge in [-0.3, -0.25) is 0 Å². The van der Waals surface area contributed by atoms with Crippen molar-refractivity contribution in [3.05, 3.63) is 12.7 Å². The number of hydrogen-bond donors (Lipinski definition) is 0. The van der Waals surface area contributed by atoms with Crippen LogP contribution in [0.25, 0.3) is 0 Å². The van der Waals surface area contributed by atoms with Crippen molar-refractivity contribution in [2.75, 3.05) is 6.61 Å². The van der Waals surface area contributed by atoms with Gasteiger partial charge in [-0.15, -0.1) is 5.54 Å². The van der Waals surface area contributed by atoms with E-state index < -0.39 is 14.0 Å². The molecular weight excluding hydrogens is 168 g/mol. The zero-order chi connectivity index (χ0) is 9.61. The molecule has 0 aliphatic heterocycles. The minimum Gasteiger partial charge on any atom is -0.449 e. The number of ether oxygens (including phenoxy) is 1. The van der Waals surface area contributed by atoms with Crippen LogP contribution in [0.1, 0.15) is 0 Å². The van der Waals surface area contributed by atoms with Gasteiger partial charge in [0.25, 0.3) is 0 Å². The molecule has 0 aromatic heterocycles. The lowest BCUT2D eigenvalue weighted by Gasteiger charge is -2.03. The van der Waals surface area contributed by atoms with E-state index in [4.69, 9.17) is 0 Å². The summed E-state index contributed by atoms with van der Waals surface area (Å²) in [5.41, 5.74) is 3.08. The van der Waals surface area contributed by atoms with Crippen LogP contribution in [0, 0.1) is 11.5 Å². The van der Waals surface area contributed by atoms with Crippen molar-refractivity contribution in [1.82, 2.24) is 0 Å². The standard InChI is InChI=1S/C9H14O2Si/c1-5-9(10)11-7-6-8-12(2,3)4/h5H,1,7H2,2-4H3. The Morgan fingerprint density at radius 1 is 1.58 bits per heavy atom. The summed E-state index contributed by atoms with van der Waals surface area (Å²) in [5, 5.41) is 0. The quantitative estimate of drug-likeness (QED) is 0.280. The average molecular weight is 182 g/mol. The van der Waals surface area contributed by atoms with Gasteiger partial charge >= 0.3 is 5.97 Å². The highest BCUT2D eigenvalue weighted by molar-refractivity contribution is 6.83. The van der Waals surface area contributed by atoms with Gasteiger partial charge in [0.2, 0.25) is 0 Å². The molecule has 12 heavy (non-hydrogen) atoms. The second-order valence-corrected chi connectivity index (χ2v) is 8.11. The molecule has 0 atom stereocenters. The van der Waals surface area contributed by atoms with Crippen LogP contribution in [0.5, 0.6) is 0 Å². The molecule has 0 N–H and O–H groups in total. The first-order valence-corrected chi connectivity index (χ1v) is 7.25. The van der Waals surface area contributed by atoms with E-state index in [0.717, 1.165) is 6.08 Å². The number of hydrogen-bond acceptors (Lipinski definition) is 2. The fourth-order valence-corrected chi connectivity index (χ4v) is 1.07. The van der Waals surface area contributed by atoms with E-state index in [2.05, 4.69) is 42.4 Å². The Morgan fingerprint density at radius 3 is 2.58 bits per heavy atom. The van der Waals surface area contributed by atoms with Crippen molar-refractivity contribution in [3.8, 4) is 11.5 Å². The van der Waals surface area contributed by atoms with Crippen LogP contribution in [0.15, 0.2) is 12.7 Å². The highest BCUT2D eigenvalue weighted by Crippen LogP contribution is 1.95. The molecule has 0 saturated carbocycles. The minimum atomic E-state index is -1.32. The van der Waals surface area contributed by atoms with Gasteiger partial charge in [0, 0.05) is 6.08 Å². The molecule has 0 spiro atoms. The number of esters is 1. The van der Waals surface area contributed by atoms with Gasteiger partial charge in [-0.25, -0.2) is 4.79 Å². The van der Waals surface area contributed by atoms with E-state index in [1.54, 1.807) is 0 Å². The lowest BCUT2D eigenvalue weighted by Crippen LogP contribution is -2.16. The van der Waals surface area contributed by atoms with Crippen LogP contribution < -0.4 is 0 Å². The van der Waals surface area contributed by atoms with Crippen molar-refractivity contribution in [2.45, 2.75) is 19.6 Å². The number of carbonyl (C=O) groups is 1. The van der Waals surface area contributed by atoms with Crippen LogP contribution in [-0.2, 0) is 9.53 Å². The monoisotopic (exact) mass is 182 g/mol. The van der Waals surface area contributed by atoms with Crippen LogP contribution in [-0.4, -0.2) is 20.7 Å². The third-order valence-electron chi connectivity index (χ3n) is 0.917. The fourth-order valence-electron chi connectivity index (χ4n) is 0.467. The Bertz CT molecular complexity index is 227. The highest BCUT2D eigenvalue weighted by Gasteiger charge is 2.06. The first-order chi connectivity index (χ1) is 5.45. The van der Waals surface area contributed by atoms with Crippen molar-refractivity contribution in [2.24, 2.45) is 0 Å². The molecule has 0 amide bonds. The van der Waals surface area contributed by atoms with E-state index in [1.165, 1.54) is 0 Å². The van der Waals surface area contributed by atoms with E-state index in [1.807, 2.05) is 0 Å². The fraction of sp³-hybridized carbons (Fsp3) is 0.444. The molecular formula is C9H14O2Si. The predicted octanol–water partition coefficient (Wildman–Crippen LogP) is 1.60. The summed E-state index contributed by atoms with van der Waals surface area (Å²) >= 11 is 0. The minimum absolute atomic E-state index is 0.176. The van der Waals surface area contributed by atoms with Crippen LogP contribution in [0.2, 0.25) is 19.6 Å². The van der Waals surface area contributed by atoms with Crippen molar-refractivity contribution in [1.29, 1.82) is 0 Å². The summed E-state index contributed by atoms with van der Waals surface area (Å²) in [6.45, 7) is 9.85. The molecule has 0 bridgehead atoms. The van der Waals surface area contributed by atoms with Gasteiger partial charge in [0.15, 0.2) is 6.61 Å². The molecule has 0 radical (unpaired) electrons. The Morgan fingerprint density at radius 2 is 2.17 bits per heavy atom. The predicted molar refractivity (Wildman–Crippen MR) is 52.3 cm³/mol. The van der Waals surface area contributed by atoms with Gasteiger partial charge in [-0.1, -0.05) is 32.1 Å². The molecule has 0 fully saturated rings. The molecule has 0 rings (SSSR count). The molecule has 0 aliphatic carbocycles. The molecule has 0 aromatic rings. The van der Waals surface area contributed by atoms with Crippen molar-refractivity contribution >= 4 is 14.0 Å². The SMILES string of the molecule is C=CC(=O)OCC#C[Si](C)(C)C. The number of carbonyl (C=O) groups excluding carboxylic acids is 1. The average Bonchev–Trinajstić information content (AvgIpc) is 1.96. The van der Waals surface area contributed by atoms with Crippen molar-refractivity contribution < 1.29 is 9.53 Å². The van der Waals surface area contributed by atoms with Gasteiger partial charge < -0.3 is 4.74 Å². The molecule has 0 saturated heterocycles. The van der Waals surface area contributed by atoms with Gasteiger partial charge in [0.05, 0.1) is 0 Å². The van der Waals surface area contributed by atoms with E-state index >= 15 is 0 Å². The lowest BCUT2D eigenvalue weighted by atomic mass is 10.6. The maximum atomic E-state index is 10.5. The Balaban J connectivity index is 3.74. The summed E-state index contributed by atoms with van der Waals surface area (Å²) in [7, 11) is -1.32. The van der Waals surface area contributed by atoms with Crippen LogP contribution >= 0.6 is 0 Å². The summed E-state index contributed by atoms with van der Waals surface area (Å²) < 4.78 is 4.68. The van der Waals surface area contributed by atoms with Gasteiger partial charge in [-0.2, -0.15) is 0 Å². The Labute approximate surface area is 74.6 Å². The maximum Gasteiger partial charge on any atom is 0.331 e. The molecule has 0 heterocycles. The zero-order valence-electron chi connectivity index (χ0n) is 7.81. The summed E-state index contributed by atoms with van der Waals surface area (Å²) in [6.07, 6.45) is 1.14. The molecule has 3 heteroatoms. The van der Waals surface area contributed by atoms with Gasteiger partial charge in [-0.05, 0) is 0 Å². The smallest absolute Gasteiger partial charge is 0.331 e. The first-order valence-electron chi connectivity index (χ1n) is 3.75. The maximum absolute atomic E-state index is 10.5. The molecule has 66 valence electrons. The third-order valence-corrected chi connectivity index (χ3v) is 1.84. The Kier molecular flexibility index (Phi) is 4.38. The number of rotatable bonds is 2. The van der Waals surface area contributed by atoms with Gasteiger partial charge in [0.1, 0.15) is 8.07 Å². The summed E-state index contributed by atoms with van der Waals surface area (Å²) in [5.74, 6) is 2.39. The molecule has 0 unspecified atom stereocenters. The summed E-state index contributed by atoms with van der Waals surface area (Å²) in [6, 6.07) is 0. The largest absolute Gasteiger partial charge is 0.449 e. The first kappa shape index (κ1) is 11.0. The van der Waals surface area contributed by atoms with E-state index in [-0.39, 0.29) is 6.61 Å². The molecule has 0 aromatic carbocycles. The Hall–Kier alpha value is -1.01. The normalized spacial score (nSPS) is 9.58. The second kappa shape index (κ2) is 4.78. The molecule has 0 aliphatic rings. The third kappa shape index (κ3) is 7.10. The van der Waals surface area contributed by atoms with Crippen molar-refractivity contribution in [3.63, 3.8) is 0 Å². The summed E-state index contributed by atoms with van der Waals surface area (Å²) in [4.78, 5) is 10.5. The van der Waals surface area contributed by atoms with Crippen LogP contribution in [0.3, 0.4) is 0 Å². The highest BCUT2D eigenvalue weighted by atomic mass is 28.3. The second-order valence-electron chi connectivity index (χ2n) is 3.36. The van der Waals surface area contributed by atoms with Crippen LogP contribution in [0.4, 0.5) is 0 Å². The zero-order valence-corrected chi connectivity index (χ0v) is 8.81. The molecule has 2 nitrogen and oxygen atoms in total. The topological polar surface area (TPSA) is 26.3 Å². The van der Waals surface area contributed by atoms with E-state index in [9.17, 15) is 4.79 Å².